The molecule has 1 aromatic heterocycles. The molecule has 4 heteroatoms. The molecule has 1 saturated carbocycles. The maximum absolute atomic E-state index is 11.4. The first kappa shape index (κ1) is 8.69. The minimum absolute atomic E-state index is 0.0828. The molecule has 0 aromatic carbocycles. The van der Waals surface area contributed by atoms with Crippen molar-refractivity contribution in [1.29, 1.82) is 0 Å². The van der Waals surface area contributed by atoms with E-state index in [1.165, 1.54) is 0 Å². The first-order chi connectivity index (χ1) is 6.27. The third kappa shape index (κ3) is 2.06. The summed E-state index contributed by atoms with van der Waals surface area (Å²) in [7, 11) is 0. The molecular weight excluding hydrogens is 232 g/mol. The SMILES string of the molecule is O=C(Nc1ncccc1Br)C1CC1. The van der Waals surface area contributed by atoms with Gasteiger partial charge in [0, 0.05) is 12.1 Å². The number of rotatable bonds is 2. The topological polar surface area (TPSA) is 42.0 Å². The highest BCUT2D eigenvalue weighted by molar-refractivity contribution is 9.10. The van der Waals surface area contributed by atoms with Crippen molar-refractivity contribution in [3.63, 3.8) is 0 Å². The molecule has 13 heavy (non-hydrogen) atoms. The Bertz CT molecular complexity index is 336. The Kier molecular flexibility index (Phi) is 2.31. The van der Waals surface area contributed by atoms with Crippen LogP contribution < -0.4 is 5.32 Å². The van der Waals surface area contributed by atoms with E-state index >= 15 is 0 Å². The van der Waals surface area contributed by atoms with E-state index in [2.05, 4.69) is 26.2 Å². The molecule has 0 radical (unpaired) electrons. The Morgan fingerprint density at radius 1 is 1.62 bits per heavy atom. The van der Waals surface area contributed by atoms with Crippen LogP contribution in [0.5, 0.6) is 0 Å². The van der Waals surface area contributed by atoms with Crippen LogP contribution in [0, 0.1) is 5.92 Å². The Labute approximate surface area is 84.7 Å². The van der Waals surface area contributed by atoms with Crippen molar-refractivity contribution in [3.8, 4) is 0 Å². The largest absolute Gasteiger partial charge is 0.310 e. The second-order valence-corrected chi connectivity index (χ2v) is 3.95. The van der Waals surface area contributed by atoms with Crippen LogP contribution in [-0.2, 0) is 4.79 Å². The molecule has 2 rings (SSSR count). The van der Waals surface area contributed by atoms with E-state index in [0.717, 1.165) is 17.3 Å². The quantitative estimate of drug-likeness (QED) is 0.862. The van der Waals surface area contributed by atoms with Gasteiger partial charge in [0.1, 0.15) is 5.82 Å². The van der Waals surface area contributed by atoms with Gasteiger partial charge in [-0.25, -0.2) is 4.98 Å². The second-order valence-electron chi connectivity index (χ2n) is 3.10. The molecule has 0 spiro atoms. The number of amides is 1. The average Bonchev–Trinajstić information content (AvgIpc) is 2.91. The lowest BCUT2D eigenvalue weighted by Gasteiger charge is -2.03. The van der Waals surface area contributed by atoms with Crippen LogP contribution in [0.4, 0.5) is 5.82 Å². The first-order valence-electron chi connectivity index (χ1n) is 4.19. The maximum Gasteiger partial charge on any atom is 0.228 e. The van der Waals surface area contributed by atoms with Crippen molar-refractivity contribution in [2.24, 2.45) is 5.92 Å². The number of halogens is 1. The number of hydrogen-bond acceptors (Lipinski definition) is 2. The summed E-state index contributed by atoms with van der Waals surface area (Å²) < 4.78 is 0.823. The monoisotopic (exact) mass is 240 g/mol. The number of hydrogen-bond donors (Lipinski definition) is 1. The summed E-state index contributed by atoms with van der Waals surface area (Å²) in [6.45, 7) is 0. The lowest BCUT2D eigenvalue weighted by atomic mass is 10.4. The molecule has 1 aliphatic carbocycles. The van der Waals surface area contributed by atoms with Gasteiger partial charge in [-0.3, -0.25) is 4.79 Å². The van der Waals surface area contributed by atoms with E-state index in [-0.39, 0.29) is 11.8 Å². The fourth-order valence-corrected chi connectivity index (χ4v) is 1.40. The Balaban J connectivity index is 2.08. The second kappa shape index (κ2) is 3.46. The number of nitrogens with one attached hydrogen (secondary N) is 1. The van der Waals surface area contributed by atoms with Gasteiger partial charge in [0.2, 0.25) is 5.91 Å². The zero-order chi connectivity index (χ0) is 9.26. The number of anilines is 1. The molecular formula is C9H9BrN2O. The van der Waals surface area contributed by atoms with E-state index < -0.39 is 0 Å². The molecule has 1 N–H and O–H groups in total. The number of aromatic nitrogens is 1. The summed E-state index contributed by atoms with van der Waals surface area (Å²) in [6, 6.07) is 3.67. The molecule has 1 amide bonds. The fraction of sp³-hybridized carbons (Fsp3) is 0.333. The van der Waals surface area contributed by atoms with Crippen molar-refractivity contribution in [2.45, 2.75) is 12.8 Å². The summed E-state index contributed by atoms with van der Waals surface area (Å²) in [5.41, 5.74) is 0. The molecule has 1 fully saturated rings. The summed E-state index contributed by atoms with van der Waals surface area (Å²) in [6.07, 6.45) is 3.68. The maximum atomic E-state index is 11.4. The first-order valence-corrected chi connectivity index (χ1v) is 4.98. The van der Waals surface area contributed by atoms with Gasteiger partial charge in [-0.1, -0.05) is 0 Å². The molecule has 1 heterocycles. The van der Waals surface area contributed by atoms with E-state index in [9.17, 15) is 4.79 Å². The molecule has 68 valence electrons. The molecule has 0 bridgehead atoms. The van der Waals surface area contributed by atoms with Crippen molar-refractivity contribution in [2.75, 3.05) is 5.32 Å². The van der Waals surface area contributed by atoms with Gasteiger partial charge in [0.25, 0.3) is 0 Å². The van der Waals surface area contributed by atoms with Crippen LogP contribution in [0.15, 0.2) is 22.8 Å². The third-order valence-corrected chi connectivity index (χ3v) is 2.59. The minimum Gasteiger partial charge on any atom is -0.310 e. The van der Waals surface area contributed by atoms with Crippen molar-refractivity contribution in [1.82, 2.24) is 4.98 Å². The molecule has 1 aliphatic rings. The molecule has 0 aliphatic heterocycles. The number of pyridine rings is 1. The van der Waals surface area contributed by atoms with Gasteiger partial charge in [-0.2, -0.15) is 0 Å². The molecule has 3 nitrogen and oxygen atoms in total. The van der Waals surface area contributed by atoms with E-state index in [0.29, 0.717) is 5.82 Å². The zero-order valence-corrected chi connectivity index (χ0v) is 8.54. The highest BCUT2D eigenvalue weighted by Gasteiger charge is 2.29. The van der Waals surface area contributed by atoms with Crippen LogP contribution in [0.2, 0.25) is 0 Å². The van der Waals surface area contributed by atoms with Crippen molar-refractivity contribution < 1.29 is 4.79 Å². The summed E-state index contributed by atoms with van der Waals surface area (Å²) in [5.74, 6) is 0.910. The van der Waals surface area contributed by atoms with Gasteiger partial charge in [-0.05, 0) is 40.9 Å². The Morgan fingerprint density at radius 3 is 3.00 bits per heavy atom. The predicted molar refractivity (Wildman–Crippen MR) is 53.3 cm³/mol. The molecule has 0 unspecified atom stereocenters. The predicted octanol–water partition coefficient (Wildman–Crippen LogP) is 2.19. The van der Waals surface area contributed by atoms with Crippen LogP contribution in [0.3, 0.4) is 0 Å². The lowest BCUT2D eigenvalue weighted by molar-refractivity contribution is -0.117. The Morgan fingerprint density at radius 2 is 2.38 bits per heavy atom. The van der Waals surface area contributed by atoms with Gasteiger partial charge in [-0.15, -0.1) is 0 Å². The van der Waals surface area contributed by atoms with Gasteiger partial charge in [0.15, 0.2) is 0 Å². The zero-order valence-electron chi connectivity index (χ0n) is 6.96. The van der Waals surface area contributed by atoms with Crippen LogP contribution in [0.1, 0.15) is 12.8 Å². The average molecular weight is 241 g/mol. The Hall–Kier alpha value is -0.900. The normalized spacial score (nSPS) is 15.5. The van der Waals surface area contributed by atoms with Crippen LogP contribution >= 0.6 is 15.9 Å². The number of nitrogens with zero attached hydrogens (tertiary/aromatic N) is 1. The molecule has 1 aromatic rings. The summed E-state index contributed by atoms with van der Waals surface area (Å²) in [5, 5.41) is 2.78. The van der Waals surface area contributed by atoms with E-state index in [4.69, 9.17) is 0 Å². The summed E-state index contributed by atoms with van der Waals surface area (Å²) in [4.78, 5) is 15.4. The third-order valence-electron chi connectivity index (χ3n) is 1.95. The van der Waals surface area contributed by atoms with Gasteiger partial charge < -0.3 is 5.32 Å². The van der Waals surface area contributed by atoms with E-state index in [1.807, 2.05) is 12.1 Å². The number of carbonyl (C=O) groups is 1. The highest BCUT2D eigenvalue weighted by Crippen LogP contribution is 2.30. The summed E-state index contributed by atoms with van der Waals surface area (Å²) >= 11 is 3.32. The van der Waals surface area contributed by atoms with Crippen LogP contribution in [0.25, 0.3) is 0 Å². The highest BCUT2D eigenvalue weighted by atomic mass is 79.9. The minimum atomic E-state index is 0.0828. The van der Waals surface area contributed by atoms with Crippen LogP contribution in [-0.4, -0.2) is 10.9 Å². The lowest BCUT2D eigenvalue weighted by Crippen LogP contribution is -2.14. The van der Waals surface area contributed by atoms with E-state index in [1.54, 1.807) is 6.20 Å². The van der Waals surface area contributed by atoms with Crippen molar-refractivity contribution >= 4 is 27.7 Å². The van der Waals surface area contributed by atoms with Gasteiger partial charge >= 0.3 is 0 Å². The fourth-order valence-electron chi connectivity index (χ4n) is 1.04. The standard InChI is InChI=1S/C9H9BrN2O/c10-7-2-1-5-11-8(7)12-9(13)6-3-4-6/h1-2,5-6H,3-4H2,(H,11,12,13). The molecule has 0 atom stereocenters. The number of carbonyl (C=O) groups excluding carboxylic acids is 1. The smallest absolute Gasteiger partial charge is 0.228 e. The van der Waals surface area contributed by atoms with Crippen molar-refractivity contribution in [3.05, 3.63) is 22.8 Å². The molecule has 0 saturated heterocycles. The van der Waals surface area contributed by atoms with Gasteiger partial charge in [0.05, 0.1) is 4.47 Å².